The highest BCUT2D eigenvalue weighted by Gasteiger charge is 2.29. The summed E-state index contributed by atoms with van der Waals surface area (Å²) in [6.45, 7) is 0. The Morgan fingerprint density at radius 2 is 1.53 bits per heavy atom. The van der Waals surface area contributed by atoms with Crippen LogP contribution in [-0.2, 0) is 0 Å². The van der Waals surface area contributed by atoms with E-state index < -0.39 is 12.0 Å². The summed E-state index contributed by atoms with van der Waals surface area (Å²) in [5.41, 5.74) is 0. The second-order valence-electron chi connectivity index (χ2n) is 3.25. The van der Waals surface area contributed by atoms with Gasteiger partial charge in [0.25, 0.3) is 0 Å². The molecule has 0 heterocycles. The van der Waals surface area contributed by atoms with E-state index in [-0.39, 0.29) is 0 Å². The van der Waals surface area contributed by atoms with Crippen molar-refractivity contribution in [1.82, 2.24) is 0 Å². The molecular formula is C9H8Cl7NSi2. The fraction of sp³-hybridized carbons (Fsp3) is 0.222. The molecule has 10 heteroatoms. The zero-order chi connectivity index (χ0) is 15.1. The molecule has 0 bridgehead atoms. The molecule has 0 aliphatic rings. The molecule has 0 atom stereocenters. The van der Waals surface area contributed by atoms with Crippen molar-refractivity contribution < 1.29 is 0 Å². The van der Waals surface area contributed by atoms with Crippen LogP contribution in [0.25, 0.3) is 0 Å². The Labute approximate surface area is 147 Å². The van der Waals surface area contributed by atoms with Gasteiger partial charge < -0.3 is 0 Å². The van der Waals surface area contributed by atoms with Crippen LogP contribution in [0.1, 0.15) is 6.42 Å². The zero-order valence-corrected chi connectivity index (χ0v) is 16.6. The summed E-state index contributed by atoms with van der Waals surface area (Å²) in [6.07, 6.45) is 0.350. The zero-order valence-electron chi connectivity index (χ0n) is 9.32. The first kappa shape index (κ1) is 20.2. The SMILES string of the molecule is Clc1ccccc1[Si](Cl)(Cl)Cl.N#CCC[Si](Cl)(Cl)Cl. The molecule has 0 fully saturated rings. The minimum atomic E-state index is -2.79. The van der Waals surface area contributed by atoms with Crippen LogP contribution >= 0.6 is 78.1 Å². The quantitative estimate of drug-likeness (QED) is 0.438. The average Bonchev–Trinajstić information content (AvgIpc) is 2.25. The molecule has 0 aliphatic carbocycles. The lowest BCUT2D eigenvalue weighted by Crippen LogP contribution is -2.30. The van der Waals surface area contributed by atoms with Crippen molar-refractivity contribution in [3.05, 3.63) is 29.3 Å². The molecule has 1 aromatic carbocycles. The van der Waals surface area contributed by atoms with Crippen LogP contribution in [0, 0.1) is 11.3 Å². The van der Waals surface area contributed by atoms with Crippen molar-refractivity contribution in [1.29, 1.82) is 5.26 Å². The van der Waals surface area contributed by atoms with Crippen molar-refractivity contribution in [2.75, 3.05) is 0 Å². The van der Waals surface area contributed by atoms with E-state index in [1.807, 2.05) is 6.07 Å². The van der Waals surface area contributed by atoms with E-state index in [9.17, 15) is 0 Å². The molecular weight excluding hydrogens is 426 g/mol. The van der Waals surface area contributed by atoms with Gasteiger partial charge in [0.15, 0.2) is 0 Å². The number of halogens is 7. The van der Waals surface area contributed by atoms with Gasteiger partial charge in [-0.2, -0.15) is 5.26 Å². The third-order valence-corrected chi connectivity index (χ3v) is 7.58. The van der Waals surface area contributed by atoms with Gasteiger partial charge >= 0.3 is 12.0 Å². The van der Waals surface area contributed by atoms with Crippen LogP contribution in [0.4, 0.5) is 0 Å². The standard InChI is InChI=1S/C6H4Cl4Si.C3H4Cl3NSi/c7-5-3-1-2-4-6(5)11(8,9)10;4-8(5,6)3-1-2-7/h1-4H;1,3H2. The Kier molecular flexibility index (Phi) is 9.82. The molecule has 0 unspecified atom stereocenters. The predicted molar refractivity (Wildman–Crippen MR) is 92.7 cm³/mol. The molecule has 19 heavy (non-hydrogen) atoms. The lowest BCUT2D eigenvalue weighted by molar-refractivity contribution is 1.20. The average molecular weight is 435 g/mol. The first-order valence-electron chi connectivity index (χ1n) is 4.83. The summed E-state index contributed by atoms with van der Waals surface area (Å²) in [6, 6.07) is 4.12. The molecule has 106 valence electrons. The third-order valence-electron chi connectivity index (χ3n) is 1.70. The van der Waals surface area contributed by atoms with Crippen LogP contribution in [0.5, 0.6) is 0 Å². The second kappa shape index (κ2) is 9.24. The van der Waals surface area contributed by atoms with Crippen LogP contribution in [0.2, 0.25) is 11.1 Å². The van der Waals surface area contributed by atoms with E-state index >= 15 is 0 Å². The molecule has 0 radical (unpaired) electrons. The Morgan fingerprint density at radius 1 is 1.00 bits per heavy atom. The Bertz CT molecular complexity index is 435. The van der Waals surface area contributed by atoms with Gasteiger partial charge in [0.1, 0.15) is 0 Å². The van der Waals surface area contributed by atoms with Gasteiger partial charge in [-0.3, -0.25) is 0 Å². The third kappa shape index (κ3) is 10.5. The number of hydrogen-bond donors (Lipinski definition) is 0. The molecule has 0 aromatic heterocycles. The first-order valence-corrected chi connectivity index (χ1v) is 15.5. The Hall–Kier alpha value is 1.17. The summed E-state index contributed by atoms with van der Waals surface area (Å²) in [5.74, 6) is 0. The highest BCUT2D eigenvalue weighted by molar-refractivity contribution is 7.69. The number of nitrogens with zero attached hydrogens (tertiary/aromatic N) is 1. The maximum absolute atomic E-state index is 8.03. The fourth-order valence-electron chi connectivity index (χ4n) is 0.889. The second-order valence-corrected chi connectivity index (χ2v) is 21.3. The summed E-state index contributed by atoms with van der Waals surface area (Å²) in [4.78, 5) is 0. The number of benzene rings is 1. The van der Waals surface area contributed by atoms with Crippen LogP contribution < -0.4 is 5.19 Å². The number of rotatable bonds is 3. The minimum Gasteiger partial charge on any atom is -0.198 e. The topological polar surface area (TPSA) is 23.8 Å². The van der Waals surface area contributed by atoms with Gasteiger partial charge in [0.2, 0.25) is 0 Å². The summed E-state index contributed by atoms with van der Waals surface area (Å²) >= 11 is 39.3. The monoisotopic (exact) mass is 431 g/mol. The molecule has 1 rings (SSSR count). The Balaban J connectivity index is 0.000000362. The number of nitriles is 1. The molecule has 1 aromatic rings. The van der Waals surface area contributed by atoms with E-state index in [4.69, 9.17) is 83.3 Å². The van der Waals surface area contributed by atoms with Crippen molar-refractivity contribution in [2.45, 2.75) is 12.5 Å². The minimum absolute atomic E-state index is 0.350. The lowest BCUT2D eigenvalue weighted by Gasteiger charge is -2.08. The van der Waals surface area contributed by atoms with Gasteiger partial charge in [0, 0.05) is 16.6 Å². The van der Waals surface area contributed by atoms with E-state index in [1.165, 1.54) is 0 Å². The van der Waals surface area contributed by atoms with E-state index in [2.05, 4.69) is 0 Å². The number of hydrogen-bond acceptors (Lipinski definition) is 1. The van der Waals surface area contributed by atoms with Gasteiger partial charge in [-0.15, -0.1) is 66.5 Å². The molecule has 0 N–H and O–H groups in total. The highest BCUT2D eigenvalue weighted by atomic mass is 35.8. The maximum Gasteiger partial charge on any atom is 0.374 e. The van der Waals surface area contributed by atoms with Gasteiger partial charge in [-0.05, 0) is 12.1 Å². The largest absolute Gasteiger partial charge is 0.374 e. The molecule has 0 saturated heterocycles. The van der Waals surface area contributed by atoms with Crippen molar-refractivity contribution in [3.8, 4) is 6.07 Å². The molecule has 1 nitrogen and oxygen atoms in total. The van der Waals surface area contributed by atoms with Crippen LogP contribution in [0.3, 0.4) is 0 Å². The normalized spacial score (nSPS) is 11.3. The summed E-state index contributed by atoms with van der Waals surface area (Å²) < 4.78 is 0. The van der Waals surface area contributed by atoms with Gasteiger partial charge in [-0.25, -0.2) is 0 Å². The van der Waals surface area contributed by atoms with Gasteiger partial charge in [-0.1, -0.05) is 29.8 Å². The Morgan fingerprint density at radius 3 is 1.79 bits per heavy atom. The van der Waals surface area contributed by atoms with Crippen molar-refractivity contribution in [3.63, 3.8) is 0 Å². The van der Waals surface area contributed by atoms with Crippen molar-refractivity contribution in [2.24, 2.45) is 0 Å². The molecule has 0 amide bonds. The maximum atomic E-state index is 8.03. The lowest BCUT2D eigenvalue weighted by atomic mass is 10.4. The molecule has 0 spiro atoms. The smallest absolute Gasteiger partial charge is 0.198 e. The highest BCUT2D eigenvalue weighted by Crippen LogP contribution is 2.25. The van der Waals surface area contributed by atoms with E-state index in [1.54, 1.807) is 24.3 Å². The van der Waals surface area contributed by atoms with E-state index in [0.717, 1.165) is 0 Å². The van der Waals surface area contributed by atoms with E-state index in [0.29, 0.717) is 22.7 Å². The van der Waals surface area contributed by atoms with Gasteiger partial charge in [0.05, 0.1) is 6.07 Å². The molecule has 0 aliphatic heterocycles. The summed E-state index contributed by atoms with van der Waals surface area (Å²) in [7, 11) is 0. The molecule has 0 saturated carbocycles. The summed E-state index contributed by atoms with van der Waals surface area (Å²) in [5, 5.41) is 9.20. The fourth-order valence-corrected chi connectivity index (χ4v) is 5.25. The van der Waals surface area contributed by atoms with Crippen LogP contribution in [0.15, 0.2) is 24.3 Å². The predicted octanol–water partition coefficient (Wildman–Crippen LogP) is 5.76. The van der Waals surface area contributed by atoms with Crippen LogP contribution in [-0.4, -0.2) is 12.0 Å². The van der Waals surface area contributed by atoms with Crippen molar-refractivity contribution >= 4 is 95.3 Å². The first-order chi connectivity index (χ1) is 8.58.